The Morgan fingerprint density at radius 1 is 1.12 bits per heavy atom. The summed E-state index contributed by atoms with van der Waals surface area (Å²) in [7, 11) is 3.56. The van der Waals surface area contributed by atoms with Crippen molar-refractivity contribution in [1.82, 2.24) is 15.2 Å². The molecule has 6 heteroatoms. The first-order valence-corrected chi connectivity index (χ1v) is 8.98. The Hall–Kier alpha value is -2.60. The van der Waals surface area contributed by atoms with Crippen LogP contribution >= 0.6 is 0 Å². The summed E-state index contributed by atoms with van der Waals surface area (Å²) in [5, 5.41) is 3.48. The molecule has 1 aliphatic heterocycles. The molecule has 1 fully saturated rings. The molecule has 1 aliphatic rings. The van der Waals surface area contributed by atoms with Gasteiger partial charge in [0, 0.05) is 53.1 Å². The Kier molecular flexibility index (Phi) is 6.44. The number of benzene rings is 1. The molecule has 138 valence electrons. The van der Waals surface area contributed by atoms with Crippen molar-refractivity contribution in [2.45, 2.75) is 13.2 Å². The molecule has 0 radical (unpaired) electrons. The maximum atomic E-state index is 5.21. The SMILES string of the molecule is CN=C(NCc1cccc(COC)c1)N1CCN(c2ccccn2)CC1. The third-order valence-electron chi connectivity index (χ3n) is 4.52. The lowest BCUT2D eigenvalue weighted by Crippen LogP contribution is -2.52. The minimum absolute atomic E-state index is 0.637. The minimum atomic E-state index is 0.637. The Bertz CT molecular complexity index is 711. The van der Waals surface area contributed by atoms with Gasteiger partial charge in [-0.3, -0.25) is 4.99 Å². The van der Waals surface area contributed by atoms with Gasteiger partial charge in [-0.1, -0.05) is 30.3 Å². The van der Waals surface area contributed by atoms with Crippen molar-refractivity contribution in [3.63, 3.8) is 0 Å². The Morgan fingerprint density at radius 2 is 1.92 bits per heavy atom. The highest BCUT2D eigenvalue weighted by atomic mass is 16.5. The van der Waals surface area contributed by atoms with Crippen LogP contribution in [0.1, 0.15) is 11.1 Å². The second kappa shape index (κ2) is 9.20. The Morgan fingerprint density at radius 3 is 2.62 bits per heavy atom. The molecule has 0 aliphatic carbocycles. The molecule has 2 aromatic rings. The van der Waals surface area contributed by atoms with Gasteiger partial charge in [0.2, 0.25) is 0 Å². The lowest BCUT2D eigenvalue weighted by atomic mass is 10.1. The average molecular weight is 353 g/mol. The lowest BCUT2D eigenvalue weighted by molar-refractivity contribution is 0.185. The van der Waals surface area contributed by atoms with Crippen LogP contribution in [0.4, 0.5) is 5.82 Å². The van der Waals surface area contributed by atoms with Crippen LogP contribution in [0.15, 0.2) is 53.7 Å². The quantitative estimate of drug-likeness (QED) is 0.659. The second-order valence-electron chi connectivity index (χ2n) is 6.32. The van der Waals surface area contributed by atoms with Gasteiger partial charge in [-0.15, -0.1) is 0 Å². The maximum Gasteiger partial charge on any atom is 0.194 e. The van der Waals surface area contributed by atoms with E-state index in [4.69, 9.17) is 4.74 Å². The van der Waals surface area contributed by atoms with Gasteiger partial charge >= 0.3 is 0 Å². The zero-order chi connectivity index (χ0) is 18.2. The van der Waals surface area contributed by atoms with Crippen molar-refractivity contribution in [2.24, 2.45) is 4.99 Å². The molecule has 0 amide bonds. The standard InChI is InChI=1S/C20H27N5O/c1-21-20(23-15-17-6-5-7-18(14-17)16-26-2)25-12-10-24(11-13-25)19-8-3-4-9-22-19/h3-9,14H,10-13,15-16H2,1-2H3,(H,21,23). The van der Waals surface area contributed by atoms with E-state index in [1.165, 1.54) is 11.1 Å². The highest BCUT2D eigenvalue weighted by Crippen LogP contribution is 2.13. The zero-order valence-electron chi connectivity index (χ0n) is 15.6. The molecule has 0 spiro atoms. The third-order valence-corrected chi connectivity index (χ3v) is 4.52. The van der Waals surface area contributed by atoms with Crippen LogP contribution in [0.2, 0.25) is 0 Å². The number of piperazine rings is 1. The van der Waals surface area contributed by atoms with Crippen molar-refractivity contribution in [3.8, 4) is 0 Å². The number of hydrogen-bond acceptors (Lipinski definition) is 4. The van der Waals surface area contributed by atoms with E-state index >= 15 is 0 Å². The number of pyridine rings is 1. The predicted octanol–water partition coefficient (Wildman–Crippen LogP) is 2.13. The highest BCUT2D eigenvalue weighted by molar-refractivity contribution is 5.80. The number of nitrogens with zero attached hydrogens (tertiary/aromatic N) is 4. The van der Waals surface area contributed by atoms with Gasteiger partial charge in [-0.2, -0.15) is 0 Å². The zero-order valence-corrected chi connectivity index (χ0v) is 15.6. The van der Waals surface area contributed by atoms with Crippen molar-refractivity contribution < 1.29 is 4.74 Å². The molecule has 1 aromatic heterocycles. The van der Waals surface area contributed by atoms with Gasteiger partial charge in [0.05, 0.1) is 6.61 Å². The van der Waals surface area contributed by atoms with Crippen LogP contribution in [0, 0.1) is 0 Å². The lowest BCUT2D eigenvalue weighted by Gasteiger charge is -2.37. The third kappa shape index (κ3) is 4.73. The van der Waals surface area contributed by atoms with Crippen molar-refractivity contribution in [1.29, 1.82) is 0 Å². The summed E-state index contributed by atoms with van der Waals surface area (Å²) in [5.41, 5.74) is 2.42. The second-order valence-corrected chi connectivity index (χ2v) is 6.32. The smallest absolute Gasteiger partial charge is 0.194 e. The van der Waals surface area contributed by atoms with Gasteiger partial charge in [0.25, 0.3) is 0 Å². The first kappa shape index (κ1) is 18.2. The van der Waals surface area contributed by atoms with E-state index < -0.39 is 0 Å². The predicted molar refractivity (Wildman–Crippen MR) is 105 cm³/mol. The fourth-order valence-electron chi connectivity index (χ4n) is 3.20. The summed E-state index contributed by atoms with van der Waals surface area (Å²) in [6.07, 6.45) is 1.85. The molecule has 1 N–H and O–H groups in total. The molecule has 1 aromatic carbocycles. The van der Waals surface area contributed by atoms with E-state index in [0.717, 1.165) is 44.5 Å². The number of guanidine groups is 1. The van der Waals surface area contributed by atoms with Gasteiger partial charge in [0.1, 0.15) is 5.82 Å². The molecule has 6 nitrogen and oxygen atoms in total. The number of anilines is 1. The number of aliphatic imine (C=N–C) groups is 1. The van der Waals surface area contributed by atoms with Crippen LogP contribution in [-0.4, -0.2) is 56.2 Å². The summed E-state index contributed by atoms with van der Waals surface area (Å²) in [6, 6.07) is 14.5. The van der Waals surface area contributed by atoms with E-state index in [-0.39, 0.29) is 0 Å². The summed E-state index contributed by atoms with van der Waals surface area (Å²) >= 11 is 0. The molecular formula is C20H27N5O. The monoisotopic (exact) mass is 353 g/mol. The van der Waals surface area contributed by atoms with Gasteiger partial charge in [-0.05, 0) is 23.3 Å². The molecule has 0 bridgehead atoms. The van der Waals surface area contributed by atoms with Crippen molar-refractivity contribution >= 4 is 11.8 Å². The van der Waals surface area contributed by atoms with E-state index in [0.29, 0.717) is 6.61 Å². The van der Waals surface area contributed by atoms with Gasteiger partial charge in [-0.25, -0.2) is 4.98 Å². The Balaban J connectivity index is 1.53. The summed E-state index contributed by atoms with van der Waals surface area (Å²) in [6.45, 7) is 5.14. The van der Waals surface area contributed by atoms with Crippen LogP contribution < -0.4 is 10.2 Å². The number of aromatic nitrogens is 1. The number of hydrogen-bond donors (Lipinski definition) is 1. The molecule has 0 saturated carbocycles. The van der Waals surface area contributed by atoms with E-state index in [1.807, 2.05) is 25.4 Å². The number of nitrogens with one attached hydrogen (secondary N) is 1. The molecule has 2 heterocycles. The van der Waals surface area contributed by atoms with E-state index in [1.54, 1.807) is 7.11 Å². The minimum Gasteiger partial charge on any atom is -0.380 e. The number of rotatable bonds is 5. The number of ether oxygens (including phenoxy) is 1. The van der Waals surface area contributed by atoms with Crippen molar-refractivity contribution in [2.75, 3.05) is 45.2 Å². The summed E-state index contributed by atoms with van der Waals surface area (Å²) in [5.74, 6) is 1.99. The van der Waals surface area contributed by atoms with Gasteiger partial charge < -0.3 is 19.9 Å². The molecular weight excluding hydrogens is 326 g/mol. The topological polar surface area (TPSA) is 53.0 Å². The molecule has 0 unspecified atom stereocenters. The average Bonchev–Trinajstić information content (AvgIpc) is 2.70. The summed E-state index contributed by atoms with van der Waals surface area (Å²) in [4.78, 5) is 13.5. The van der Waals surface area contributed by atoms with E-state index in [2.05, 4.69) is 55.4 Å². The fraction of sp³-hybridized carbons (Fsp3) is 0.400. The fourth-order valence-corrected chi connectivity index (χ4v) is 3.20. The van der Waals surface area contributed by atoms with E-state index in [9.17, 15) is 0 Å². The molecule has 0 atom stereocenters. The van der Waals surface area contributed by atoms with Crippen LogP contribution in [0.25, 0.3) is 0 Å². The highest BCUT2D eigenvalue weighted by Gasteiger charge is 2.20. The summed E-state index contributed by atoms with van der Waals surface area (Å²) < 4.78 is 5.21. The van der Waals surface area contributed by atoms with Crippen LogP contribution in [-0.2, 0) is 17.9 Å². The van der Waals surface area contributed by atoms with Crippen molar-refractivity contribution in [3.05, 3.63) is 59.8 Å². The molecule has 3 rings (SSSR count). The number of methoxy groups -OCH3 is 1. The van der Waals surface area contributed by atoms with Crippen LogP contribution in [0.5, 0.6) is 0 Å². The Labute approximate surface area is 155 Å². The van der Waals surface area contributed by atoms with Crippen LogP contribution in [0.3, 0.4) is 0 Å². The molecule has 26 heavy (non-hydrogen) atoms. The normalized spacial score (nSPS) is 15.2. The van der Waals surface area contributed by atoms with Gasteiger partial charge in [0.15, 0.2) is 5.96 Å². The first-order chi connectivity index (χ1) is 12.8. The first-order valence-electron chi connectivity index (χ1n) is 8.98. The molecule has 1 saturated heterocycles. The maximum absolute atomic E-state index is 5.21. The largest absolute Gasteiger partial charge is 0.380 e.